The summed E-state index contributed by atoms with van der Waals surface area (Å²) in [6, 6.07) is 18.9. The van der Waals surface area contributed by atoms with Gasteiger partial charge in [-0.25, -0.2) is 8.42 Å². The monoisotopic (exact) mass is 495 g/mol. The van der Waals surface area contributed by atoms with Gasteiger partial charge in [0, 0.05) is 5.56 Å². The number of hydrogen-bond acceptors (Lipinski definition) is 5. The van der Waals surface area contributed by atoms with Crippen molar-refractivity contribution in [3.05, 3.63) is 95.5 Å². The van der Waals surface area contributed by atoms with Crippen LogP contribution in [-0.4, -0.2) is 27.5 Å². The predicted octanol–water partition coefficient (Wildman–Crippen LogP) is 5.24. The van der Waals surface area contributed by atoms with Crippen molar-refractivity contribution in [1.29, 1.82) is 5.26 Å². The van der Waals surface area contributed by atoms with Crippen molar-refractivity contribution in [2.45, 2.75) is 11.8 Å². The van der Waals surface area contributed by atoms with Gasteiger partial charge in [0.05, 0.1) is 46.1 Å². The van der Waals surface area contributed by atoms with Gasteiger partial charge in [-0.1, -0.05) is 35.9 Å². The van der Waals surface area contributed by atoms with E-state index in [0.29, 0.717) is 29.3 Å². The normalized spacial score (nSPS) is 10.7. The Balaban J connectivity index is 1.97. The summed E-state index contributed by atoms with van der Waals surface area (Å²) in [6.07, 6.45) is 1.45. The van der Waals surface area contributed by atoms with Crippen LogP contribution in [0.5, 0.6) is 5.75 Å². The number of amides is 1. The average molecular weight is 496 g/mol. The van der Waals surface area contributed by atoms with Crippen LogP contribution >= 0.6 is 11.6 Å². The number of rotatable bonds is 9. The summed E-state index contributed by atoms with van der Waals surface area (Å²) < 4.78 is 33.6. The first kappa shape index (κ1) is 24.8. The standard InChI is InChI=1S/C25H22ClN3O4S/c1-3-14-29(23-11-6-5-10-21(23)26)34(31,32)20-9-7-8-19(16-20)25(30)28-22-15-18(17-27)12-13-24(22)33-4-2/h3,5-13,15-16H,1,4,14H2,2H3,(H,28,30). The van der Waals surface area contributed by atoms with E-state index in [-0.39, 0.29) is 22.0 Å². The second-order valence-corrected chi connectivity index (χ2v) is 9.28. The third-order valence-electron chi connectivity index (χ3n) is 4.76. The molecule has 0 bridgehead atoms. The minimum atomic E-state index is -4.07. The first-order valence-corrected chi connectivity index (χ1v) is 12.1. The maximum atomic E-state index is 13.5. The van der Waals surface area contributed by atoms with Gasteiger partial charge in [-0.3, -0.25) is 9.10 Å². The Hall–Kier alpha value is -3.80. The Morgan fingerprint density at radius 2 is 1.94 bits per heavy atom. The fourth-order valence-electron chi connectivity index (χ4n) is 3.20. The van der Waals surface area contributed by atoms with Crippen molar-refractivity contribution in [2.75, 3.05) is 22.8 Å². The highest BCUT2D eigenvalue weighted by molar-refractivity contribution is 7.92. The number of carbonyl (C=O) groups is 1. The van der Waals surface area contributed by atoms with Crippen LogP contribution < -0.4 is 14.4 Å². The van der Waals surface area contributed by atoms with Crippen LogP contribution in [0.3, 0.4) is 0 Å². The maximum Gasteiger partial charge on any atom is 0.264 e. The number of carbonyl (C=O) groups excluding carboxylic acids is 1. The SMILES string of the molecule is C=CCN(c1ccccc1Cl)S(=O)(=O)c1cccc(C(=O)Nc2cc(C#N)ccc2OCC)c1. The molecule has 0 saturated carbocycles. The molecule has 0 unspecified atom stereocenters. The van der Waals surface area contributed by atoms with Gasteiger partial charge >= 0.3 is 0 Å². The number of ether oxygens (including phenoxy) is 1. The molecule has 0 atom stereocenters. The Labute approximate surface area is 203 Å². The van der Waals surface area contributed by atoms with E-state index in [9.17, 15) is 18.5 Å². The van der Waals surface area contributed by atoms with Crippen LogP contribution in [0.2, 0.25) is 5.02 Å². The summed E-state index contributed by atoms with van der Waals surface area (Å²) in [7, 11) is -4.07. The highest BCUT2D eigenvalue weighted by Gasteiger charge is 2.26. The van der Waals surface area contributed by atoms with Crippen molar-refractivity contribution in [2.24, 2.45) is 0 Å². The molecule has 1 N–H and O–H groups in total. The van der Waals surface area contributed by atoms with Crippen molar-refractivity contribution >= 4 is 38.9 Å². The highest BCUT2D eigenvalue weighted by Crippen LogP contribution is 2.31. The lowest BCUT2D eigenvalue weighted by Crippen LogP contribution is -2.31. The number of anilines is 2. The smallest absolute Gasteiger partial charge is 0.264 e. The summed E-state index contributed by atoms with van der Waals surface area (Å²) >= 11 is 6.25. The van der Waals surface area contributed by atoms with Crippen molar-refractivity contribution in [1.82, 2.24) is 0 Å². The highest BCUT2D eigenvalue weighted by atomic mass is 35.5. The number of benzene rings is 3. The molecule has 0 aliphatic carbocycles. The third kappa shape index (κ3) is 5.39. The lowest BCUT2D eigenvalue weighted by molar-refractivity contribution is 0.102. The van der Waals surface area contributed by atoms with Crippen LogP contribution in [0.25, 0.3) is 0 Å². The molecule has 7 nitrogen and oxygen atoms in total. The van der Waals surface area contributed by atoms with E-state index in [1.54, 1.807) is 43.3 Å². The molecule has 0 aliphatic rings. The molecule has 0 spiro atoms. The molecule has 0 heterocycles. The Kier molecular flexibility index (Phi) is 7.95. The summed E-state index contributed by atoms with van der Waals surface area (Å²) in [5, 5.41) is 12.1. The van der Waals surface area contributed by atoms with Crippen LogP contribution in [-0.2, 0) is 10.0 Å². The van der Waals surface area contributed by atoms with Crippen LogP contribution in [0.1, 0.15) is 22.8 Å². The molecular formula is C25H22ClN3O4S. The number of para-hydroxylation sites is 1. The topological polar surface area (TPSA) is 99.5 Å². The molecule has 1 amide bonds. The van der Waals surface area contributed by atoms with E-state index < -0.39 is 15.9 Å². The van der Waals surface area contributed by atoms with E-state index in [2.05, 4.69) is 11.9 Å². The molecule has 174 valence electrons. The van der Waals surface area contributed by atoms with Gasteiger partial charge in [0.15, 0.2) is 0 Å². The van der Waals surface area contributed by atoms with Crippen LogP contribution in [0.4, 0.5) is 11.4 Å². The Bertz CT molecular complexity index is 1370. The predicted molar refractivity (Wildman–Crippen MR) is 133 cm³/mol. The van der Waals surface area contributed by atoms with Gasteiger partial charge < -0.3 is 10.1 Å². The largest absolute Gasteiger partial charge is 0.492 e. The molecule has 0 fully saturated rings. The van der Waals surface area contributed by atoms with E-state index in [1.807, 2.05) is 6.07 Å². The van der Waals surface area contributed by atoms with Gasteiger partial charge in [0.25, 0.3) is 15.9 Å². The number of nitriles is 1. The zero-order valence-corrected chi connectivity index (χ0v) is 19.9. The molecule has 3 rings (SSSR count). The Morgan fingerprint density at radius 3 is 2.62 bits per heavy atom. The Morgan fingerprint density at radius 1 is 1.18 bits per heavy atom. The molecular weight excluding hydrogens is 474 g/mol. The number of sulfonamides is 1. The van der Waals surface area contributed by atoms with E-state index in [4.69, 9.17) is 16.3 Å². The molecule has 3 aromatic carbocycles. The molecule has 9 heteroatoms. The molecule has 0 radical (unpaired) electrons. The molecule has 3 aromatic rings. The zero-order chi connectivity index (χ0) is 24.7. The van der Waals surface area contributed by atoms with Gasteiger partial charge in [0.2, 0.25) is 0 Å². The summed E-state index contributed by atoms with van der Waals surface area (Å²) in [5.74, 6) is -0.157. The summed E-state index contributed by atoms with van der Waals surface area (Å²) in [5.41, 5.74) is 1.07. The second-order valence-electron chi connectivity index (χ2n) is 7.01. The van der Waals surface area contributed by atoms with E-state index in [0.717, 1.165) is 4.31 Å². The number of nitrogens with zero attached hydrogens (tertiary/aromatic N) is 2. The van der Waals surface area contributed by atoms with Crippen LogP contribution in [0, 0.1) is 11.3 Å². The van der Waals surface area contributed by atoms with E-state index >= 15 is 0 Å². The van der Waals surface area contributed by atoms with Crippen LogP contribution in [0.15, 0.2) is 84.3 Å². The van der Waals surface area contributed by atoms with Crippen molar-refractivity contribution < 1.29 is 17.9 Å². The molecule has 34 heavy (non-hydrogen) atoms. The quantitative estimate of drug-likeness (QED) is 0.409. The van der Waals surface area contributed by atoms with E-state index in [1.165, 1.54) is 36.4 Å². The van der Waals surface area contributed by atoms with Crippen molar-refractivity contribution in [3.63, 3.8) is 0 Å². The number of halogens is 1. The average Bonchev–Trinajstić information content (AvgIpc) is 2.84. The van der Waals surface area contributed by atoms with Gasteiger partial charge in [-0.2, -0.15) is 5.26 Å². The first-order valence-electron chi connectivity index (χ1n) is 10.3. The summed E-state index contributed by atoms with van der Waals surface area (Å²) in [4.78, 5) is 12.9. The molecule has 0 aliphatic heterocycles. The fourth-order valence-corrected chi connectivity index (χ4v) is 4.98. The van der Waals surface area contributed by atoms with Gasteiger partial charge in [0.1, 0.15) is 5.75 Å². The van der Waals surface area contributed by atoms with Crippen molar-refractivity contribution in [3.8, 4) is 11.8 Å². The maximum absolute atomic E-state index is 13.5. The number of hydrogen-bond donors (Lipinski definition) is 1. The minimum Gasteiger partial charge on any atom is -0.492 e. The fraction of sp³-hybridized carbons (Fsp3) is 0.120. The first-order chi connectivity index (χ1) is 16.3. The molecule has 0 saturated heterocycles. The lowest BCUT2D eigenvalue weighted by Gasteiger charge is -2.24. The lowest BCUT2D eigenvalue weighted by atomic mass is 10.1. The van der Waals surface area contributed by atoms with Gasteiger partial charge in [-0.15, -0.1) is 6.58 Å². The third-order valence-corrected chi connectivity index (χ3v) is 6.85. The second kappa shape index (κ2) is 10.9. The number of nitrogens with one attached hydrogen (secondary N) is 1. The van der Waals surface area contributed by atoms with Gasteiger partial charge in [-0.05, 0) is 55.5 Å². The molecule has 0 aromatic heterocycles. The minimum absolute atomic E-state index is 0.0127. The summed E-state index contributed by atoms with van der Waals surface area (Å²) in [6.45, 7) is 5.79. The zero-order valence-electron chi connectivity index (χ0n) is 18.4.